The van der Waals surface area contributed by atoms with E-state index in [0.29, 0.717) is 12.1 Å². The topological polar surface area (TPSA) is 97.4 Å². The number of anilines is 2. The summed E-state index contributed by atoms with van der Waals surface area (Å²) < 4.78 is 44.2. The predicted octanol–water partition coefficient (Wildman–Crippen LogP) is 2.95. The highest BCUT2D eigenvalue weighted by Gasteiger charge is 2.21. The lowest BCUT2D eigenvalue weighted by Crippen LogP contribution is -2.21. The third-order valence-corrected chi connectivity index (χ3v) is 3.42. The van der Waals surface area contributed by atoms with Gasteiger partial charge in [0.1, 0.15) is 17.2 Å². The van der Waals surface area contributed by atoms with E-state index in [1.54, 1.807) is 0 Å². The Morgan fingerprint density at radius 1 is 1.16 bits per heavy atom. The van der Waals surface area contributed by atoms with E-state index in [1.807, 2.05) is 5.32 Å². The Labute approximate surface area is 142 Å². The van der Waals surface area contributed by atoms with Gasteiger partial charge in [0.15, 0.2) is 16.8 Å². The molecule has 2 aromatic rings. The third-order valence-electron chi connectivity index (χ3n) is 2.66. The fraction of sp³-hybridized carbons (Fsp3) is 0.143. The third kappa shape index (κ3) is 4.53. The molecule has 0 saturated heterocycles. The lowest BCUT2D eigenvalue weighted by molar-refractivity contribution is -0.137. The number of aromatic nitrogens is 1. The first-order valence-corrected chi connectivity index (χ1v) is 7.59. The van der Waals surface area contributed by atoms with E-state index in [-0.39, 0.29) is 17.4 Å². The number of nitrogens with zero attached hydrogens (tertiary/aromatic N) is 1. The van der Waals surface area contributed by atoms with Crippen molar-refractivity contribution in [3.8, 4) is 0 Å². The Hall–Kier alpha value is -2.95. The van der Waals surface area contributed by atoms with Crippen LogP contribution in [-0.2, 0) is 9.53 Å². The number of carbonyl (C=O) groups excluding carboxylic acids is 3. The highest BCUT2D eigenvalue weighted by molar-refractivity contribution is 7.14. The smallest absolute Gasteiger partial charge is 0.381 e. The maximum atomic E-state index is 13.5. The van der Waals surface area contributed by atoms with Gasteiger partial charge >= 0.3 is 12.0 Å². The molecule has 0 fully saturated rings. The second-order valence-electron chi connectivity index (χ2n) is 4.41. The van der Waals surface area contributed by atoms with Gasteiger partial charge in [-0.15, -0.1) is 11.3 Å². The largest absolute Gasteiger partial charge is 0.460 e. The summed E-state index contributed by atoms with van der Waals surface area (Å²) in [5.74, 6) is -5.83. The number of ether oxygens (including phenoxy) is 1. The van der Waals surface area contributed by atoms with Crippen molar-refractivity contribution in [3.63, 3.8) is 0 Å². The first-order valence-electron chi connectivity index (χ1n) is 6.71. The predicted molar refractivity (Wildman–Crippen MR) is 82.0 cm³/mol. The molecular weight excluding hydrogens is 363 g/mol. The molecule has 0 bridgehead atoms. The van der Waals surface area contributed by atoms with Gasteiger partial charge in [0.25, 0.3) is 5.78 Å². The molecule has 2 rings (SSSR count). The highest BCUT2D eigenvalue weighted by atomic mass is 32.1. The van der Waals surface area contributed by atoms with Crippen LogP contribution in [0, 0.1) is 17.5 Å². The van der Waals surface area contributed by atoms with Crippen LogP contribution in [0.5, 0.6) is 0 Å². The van der Waals surface area contributed by atoms with Crippen LogP contribution >= 0.6 is 11.3 Å². The number of halogens is 3. The van der Waals surface area contributed by atoms with Crippen molar-refractivity contribution in [2.24, 2.45) is 0 Å². The summed E-state index contributed by atoms with van der Waals surface area (Å²) in [7, 11) is 0. The van der Waals surface area contributed by atoms with Crippen LogP contribution in [0.4, 0.5) is 28.8 Å². The standard InChI is InChI=1S/C14H10F3N3O4S/c1-2-24-12(22)11(21)9-5-25-14(18-9)20-13(23)19-10-7(16)3-6(15)4-8(10)17/h3-5H,2H2,1H3,(H2,18,19,20,23). The average Bonchev–Trinajstić information content (AvgIpc) is 2.98. The average molecular weight is 373 g/mol. The minimum Gasteiger partial charge on any atom is -0.460 e. The molecule has 0 aliphatic carbocycles. The number of benzene rings is 1. The zero-order chi connectivity index (χ0) is 18.6. The van der Waals surface area contributed by atoms with Gasteiger partial charge in [-0.3, -0.25) is 10.1 Å². The van der Waals surface area contributed by atoms with Crippen molar-refractivity contribution in [1.29, 1.82) is 0 Å². The minimum absolute atomic E-state index is 0.0109. The van der Waals surface area contributed by atoms with Gasteiger partial charge in [-0.1, -0.05) is 0 Å². The lowest BCUT2D eigenvalue weighted by Gasteiger charge is -2.07. The number of hydrogen-bond donors (Lipinski definition) is 2. The van der Waals surface area contributed by atoms with E-state index in [9.17, 15) is 27.6 Å². The molecule has 0 spiro atoms. The number of esters is 1. The van der Waals surface area contributed by atoms with E-state index in [4.69, 9.17) is 0 Å². The van der Waals surface area contributed by atoms with E-state index in [2.05, 4.69) is 15.0 Å². The van der Waals surface area contributed by atoms with Gasteiger partial charge in [0, 0.05) is 17.5 Å². The molecule has 0 unspecified atom stereocenters. The Bertz CT molecular complexity index is 817. The molecule has 1 aromatic carbocycles. The molecule has 132 valence electrons. The SMILES string of the molecule is CCOC(=O)C(=O)c1csc(NC(=O)Nc2c(F)cc(F)cc2F)n1. The van der Waals surface area contributed by atoms with Gasteiger partial charge < -0.3 is 10.1 Å². The van der Waals surface area contributed by atoms with Crippen molar-refractivity contribution >= 4 is 39.9 Å². The summed E-state index contributed by atoms with van der Waals surface area (Å²) in [6.45, 7) is 1.54. The Balaban J connectivity index is 2.05. The van der Waals surface area contributed by atoms with Crippen LogP contribution < -0.4 is 10.6 Å². The molecule has 11 heteroatoms. The Morgan fingerprint density at radius 3 is 2.40 bits per heavy atom. The quantitative estimate of drug-likeness (QED) is 0.477. The number of nitrogens with one attached hydrogen (secondary N) is 2. The normalized spacial score (nSPS) is 10.2. The molecule has 2 amide bonds. The minimum atomic E-state index is -1.30. The second kappa shape index (κ2) is 7.75. The number of ketones is 1. The summed E-state index contributed by atoms with van der Waals surface area (Å²) in [4.78, 5) is 38.4. The molecule has 0 aliphatic rings. The highest BCUT2D eigenvalue weighted by Crippen LogP contribution is 2.21. The number of rotatable bonds is 5. The molecule has 0 atom stereocenters. The molecule has 0 radical (unpaired) electrons. The number of amides is 2. The summed E-state index contributed by atoms with van der Waals surface area (Å²) >= 11 is 0.804. The maximum Gasteiger partial charge on any atom is 0.381 e. The fourth-order valence-corrected chi connectivity index (χ4v) is 2.33. The van der Waals surface area contributed by atoms with Crippen molar-refractivity contribution in [2.45, 2.75) is 6.92 Å². The number of Topliss-reactive ketones (excluding diaryl/α,β-unsaturated/α-hetero) is 1. The van der Waals surface area contributed by atoms with E-state index < -0.39 is 40.9 Å². The molecule has 2 N–H and O–H groups in total. The number of carbonyl (C=O) groups is 3. The Kier molecular flexibility index (Phi) is 5.70. The van der Waals surface area contributed by atoms with Gasteiger partial charge in [-0.25, -0.2) is 27.7 Å². The fourth-order valence-electron chi connectivity index (χ4n) is 1.64. The summed E-state index contributed by atoms with van der Waals surface area (Å²) in [5, 5.41) is 5.09. The van der Waals surface area contributed by atoms with E-state index in [1.165, 1.54) is 12.3 Å². The van der Waals surface area contributed by atoms with Crippen molar-refractivity contribution in [2.75, 3.05) is 17.2 Å². The van der Waals surface area contributed by atoms with Gasteiger partial charge in [0.2, 0.25) is 0 Å². The molecular formula is C14H10F3N3O4S. The van der Waals surface area contributed by atoms with E-state index in [0.717, 1.165) is 11.3 Å². The van der Waals surface area contributed by atoms with Crippen LogP contribution in [0.1, 0.15) is 17.4 Å². The molecule has 7 nitrogen and oxygen atoms in total. The van der Waals surface area contributed by atoms with Gasteiger partial charge in [-0.2, -0.15) is 0 Å². The molecule has 0 saturated carbocycles. The van der Waals surface area contributed by atoms with Crippen LogP contribution in [0.2, 0.25) is 0 Å². The summed E-state index contributed by atoms with van der Waals surface area (Å²) in [6, 6.07) is -0.273. The molecule has 25 heavy (non-hydrogen) atoms. The summed E-state index contributed by atoms with van der Waals surface area (Å²) in [5.41, 5.74) is -1.10. The number of thiazole rings is 1. The van der Waals surface area contributed by atoms with E-state index >= 15 is 0 Å². The number of hydrogen-bond acceptors (Lipinski definition) is 6. The first-order chi connectivity index (χ1) is 11.8. The maximum absolute atomic E-state index is 13.5. The van der Waals surface area contributed by atoms with Gasteiger partial charge in [-0.05, 0) is 6.92 Å². The van der Waals surface area contributed by atoms with Gasteiger partial charge in [0.05, 0.1) is 6.61 Å². The van der Waals surface area contributed by atoms with Crippen LogP contribution in [0.15, 0.2) is 17.5 Å². The second-order valence-corrected chi connectivity index (χ2v) is 5.27. The van der Waals surface area contributed by atoms with Crippen molar-refractivity contribution in [1.82, 2.24) is 4.98 Å². The lowest BCUT2D eigenvalue weighted by atomic mass is 10.3. The van der Waals surface area contributed by atoms with Crippen LogP contribution in [0.25, 0.3) is 0 Å². The van der Waals surface area contributed by atoms with Crippen LogP contribution in [0.3, 0.4) is 0 Å². The monoisotopic (exact) mass is 373 g/mol. The number of urea groups is 1. The molecule has 1 aromatic heterocycles. The zero-order valence-electron chi connectivity index (χ0n) is 12.6. The first kappa shape index (κ1) is 18.4. The van der Waals surface area contributed by atoms with Crippen molar-refractivity contribution < 1.29 is 32.3 Å². The zero-order valence-corrected chi connectivity index (χ0v) is 13.4. The van der Waals surface area contributed by atoms with Crippen molar-refractivity contribution in [3.05, 3.63) is 40.7 Å². The summed E-state index contributed by atoms with van der Waals surface area (Å²) in [6.07, 6.45) is 0. The molecule has 0 aliphatic heterocycles. The van der Waals surface area contributed by atoms with Crippen LogP contribution in [-0.4, -0.2) is 29.4 Å². The Morgan fingerprint density at radius 2 is 1.80 bits per heavy atom. The molecule has 1 heterocycles.